The molecule has 2 N–H and O–H groups in total. The van der Waals surface area contributed by atoms with Crippen LogP contribution in [0.5, 0.6) is 0 Å². The molecule has 2 heterocycles. The number of hydrogen-bond acceptors (Lipinski definition) is 4. The molecule has 2 aromatic rings. The number of sulfonamides is 1. The maximum Gasteiger partial charge on any atom is 0.244 e. The van der Waals surface area contributed by atoms with Crippen LogP contribution >= 0.6 is 0 Å². The number of rotatable bonds is 6. The number of nitrogens with zero attached hydrogens (tertiary/aromatic N) is 2. The molecule has 0 amide bonds. The third kappa shape index (κ3) is 3.04. The van der Waals surface area contributed by atoms with E-state index in [9.17, 15) is 8.42 Å². The monoisotopic (exact) mass is 311 g/mol. The molecule has 2 rings (SSSR count). The molecule has 0 atom stereocenters. The van der Waals surface area contributed by atoms with Crippen LogP contribution in [0, 0.1) is 6.92 Å². The summed E-state index contributed by atoms with van der Waals surface area (Å²) < 4.78 is 33.6. The molecule has 0 radical (unpaired) electrons. The van der Waals surface area contributed by atoms with Gasteiger partial charge in [0.1, 0.15) is 10.7 Å². The van der Waals surface area contributed by atoms with Crippen molar-refractivity contribution < 1.29 is 12.8 Å². The molecule has 7 heteroatoms. The second-order valence-electron chi connectivity index (χ2n) is 4.92. The van der Waals surface area contributed by atoms with Gasteiger partial charge < -0.3 is 14.7 Å². The lowest BCUT2D eigenvalue weighted by Gasteiger charge is -2.15. The molecule has 0 spiro atoms. The summed E-state index contributed by atoms with van der Waals surface area (Å²) in [5.74, 6) is 0.728. The first-order chi connectivity index (χ1) is 9.90. The standard InChI is InChI=1S/C14H21N3O3S/c1-4-17-10-14(7-13(17)8-15)21(18,19)16(3)9-12-5-6-20-11(12)2/h5-7,10H,4,8-9,15H2,1-3H3. The van der Waals surface area contributed by atoms with Gasteiger partial charge in [-0.2, -0.15) is 4.31 Å². The zero-order chi connectivity index (χ0) is 15.6. The molecule has 0 bridgehead atoms. The van der Waals surface area contributed by atoms with E-state index in [1.54, 1.807) is 31.6 Å². The van der Waals surface area contributed by atoms with Gasteiger partial charge in [-0.25, -0.2) is 8.42 Å². The van der Waals surface area contributed by atoms with Crippen LogP contribution in [-0.2, 0) is 29.7 Å². The highest BCUT2D eigenvalue weighted by molar-refractivity contribution is 7.89. The Kier molecular flexibility index (Phi) is 4.55. The van der Waals surface area contributed by atoms with E-state index in [1.165, 1.54) is 4.31 Å². The summed E-state index contributed by atoms with van der Waals surface area (Å²) in [6.07, 6.45) is 3.20. The van der Waals surface area contributed by atoms with E-state index in [0.717, 1.165) is 17.0 Å². The van der Waals surface area contributed by atoms with Crippen molar-refractivity contribution in [3.05, 3.63) is 41.6 Å². The average Bonchev–Trinajstić information content (AvgIpc) is 3.05. The Morgan fingerprint density at radius 1 is 1.43 bits per heavy atom. The number of hydrogen-bond donors (Lipinski definition) is 1. The van der Waals surface area contributed by atoms with E-state index < -0.39 is 10.0 Å². The highest BCUT2D eigenvalue weighted by Gasteiger charge is 2.24. The van der Waals surface area contributed by atoms with E-state index in [0.29, 0.717) is 13.1 Å². The maximum absolute atomic E-state index is 12.6. The summed E-state index contributed by atoms with van der Waals surface area (Å²) in [5, 5.41) is 0. The molecule has 0 saturated carbocycles. The van der Waals surface area contributed by atoms with Crippen molar-refractivity contribution in [1.29, 1.82) is 0 Å². The Morgan fingerprint density at radius 2 is 2.14 bits per heavy atom. The minimum Gasteiger partial charge on any atom is -0.469 e. The van der Waals surface area contributed by atoms with Gasteiger partial charge >= 0.3 is 0 Å². The summed E-state index contributed by atoms with van der Waals surface area (Å²) in [6, 6.07) is 3.42. The van der Waals surface area contributed by atoms with E-state index in [1.807, 2.05) is 18.4 Å². The fourth-order valence-electron chi connectivity index (χ4n) is 2.21. The Morgan fingerprint density at radius 3 is 2.62 bits per heavy atom. The topological polar surface area (TPSA) is 81.5 Å². The van der Waals surface area contributed by atoms with Crippen molar-refractivity contribution in [2.75, 3.05) is 7.05 Å². The normalized spacial score (nSPS) is 12.2. The number of aryl methyl sites for hydroxylation is 2. The third-order valence-electron chi connectivity index (χ3n) is 3.58. The van der Waals surface area contributed by atoms with Gasteiger partial charge in [0.25, 0.3) is 0 Å². The Labute approximate surface area is 125 Å². The first kappa shape index (κ1) is 15.8. The molecule has 0 aliphatic carbocycles. The molecule has 0 aliphatic heterocycles. The molecular formula is C14H21N3O3S. The first-order valence-electron chi connectivity index (χ1n) is 6.78. The van der Waals surface area contributed by atoms with Crippen LogP contribution in [0.2, 0.25) is 0 Å². The largest absolute Gasteiger partial charge is 0.469 e. The fourth-order valence-corrected chi connectivity index (χ4v) is 3.43. The molecule has 6 nitrogen and oxygen atoms in total. The molecule has 0 aliphatic rings. The Bertz CT molecular complexity index is 694. The summed E-state index contributed by atoms with van der Waals surface area (Å²) >= 11 is 0. The van der Waals surface area contributed by atoms with Crippen molar-refractivity contribution >= 4 is 10.0 Å². The summed E-state index contributed by atoms with van der Waals surface area (Å²) in [5.41, 5.74) is 7.31. The average molecular weight is 311 g/mol. The van der Waals surface area contributed by atoms with Gasteiger partial charge in [-0.1, -0.05) is 0 Å². The van der Waals surface area contributed by atoms with Crippen molar-refractivity contribution in [2.45, 2.75) is 38.4 Å². The zero-order valence-electron chi connectivity index (χ0n) is 12.5. The van der Waals surface area contributed by atoms with E-state index >= 15 is 0 Å². The van der Waals surface area contributed by atoms with Gasteiger partial charge in [-0.05, 0) is 26.0 Å². The molecule has 2 aromatic heterocycles. The predicted octanol–water partition coefficient (Wildman–Crippen LogP) is 1.69. The van der Waals surface area contributed by atoms with Gasteiger partial charge in [0.2, 0.25) is 10.0 Å². The molecule has 0 saturated heterocycles. The van der Waals surface area contributed by atoms with Crippen LogP contribution in [0.1, 0.15) is 23.9 Å². The van der Waals surface area contributed by atoms with E-state index in [4.69, 9.17) is 10.2 Å². The van der Waals surface area contributed by atoms with Crippen molar-refractivity contribution in [2.24, 2.45) is 5.73 Å². The Balaban J connectivity index is 2.28. The Hall–Kier alpha value is -1.57. The van der Waals surface area contributed by atoms with Gasteiger partial charge in [0, 0.05) is 44.1 Å². The van der Waals surface area contributed by atoms with Gasteiger partial charge in [-0.15, -0.1) is 0 Å². The van der Waals surface area contributed by atoms with Crippen LogP contribution in [0.15, 0.2) is 33.9 Å². The smallest absolute Gasteiger partial charge is 0.244 e. The van der Waals surface area contributed by atoms with E-state index in [2.05, 4.69) is 0 Å². The maximum atomic E-state index is 12.6. The first-order valence-corrected chi connectivity index (χ1v) is 8.22. The molecular weight excluding hydrogens is 290 g/mol. The summed E-state index contributed by atoms with van der Waals surface area (Å²) in [6.45, 7) is 5.05. The summed E-state index contributed by atoms with van der Waals surface area (Å²) in [7, 11) is -1.98. The number of furan rings is 1. The lowest BCUT2D eigenvalue weighted by molar-refractivity contribution is 0.459. The van der Waals surface area contributed by atoms with Gasteiger partial charge in [0.15, 0.2) is 0 Å². The third-order valence-corrected chi connectivity index (χ3v) is 5.35. The zero-order valence-corrected chi connectivity index (χ0v) is 13.4. The number of nitrogens with two attached hydrogens (primary N) is 1. The molecule has 0 unspecified atom stereocenters. The molecule has 0 fully saturated rings. The van der Waals surface area contributed by atoms with Crippen molar-refractivity contribution in [3.8, 4) is 0 Å². The van der Waals surface area contributed by atoms with Crippen LogP contribution in [0.3, 0.4) is 0 Å². The van der Waals surface area contributed by atoms with Crippen molar-refractivity contribution in [1.82, 2.24) is 8.87 Å². The SMILES string of the molecule is CCn1cc(S(=O)(=O)N(C)Cc2ccoc2C)cc1CN. The van der Waals surface area contributed by atoms with Crippen LogP contribution < -0.4 is 5.73 Å². The molecule has 0 aromatic carbocycles. The number of aromatic nitrogens is 1. The van der Waals surface area contributed by atoms with Gasteiger partial charge in [0.05, 0.1) is 6.26 Å². The van der Waals surface area contributed by atoms with Crippen LogP contribution in [0.25, 0.3) is 0 Å². The lowest BCUT2D eigenvalue weighted by Crippen LogP contribution is -2.26. The summed E-state index contributed by atoms with van der Waals surface area (Å²) in [4.78, 5) is 0.272. The minimum atomic E-state index is -3.54. The quantitative estimate of drug-likeness (QED) is 0.880. The minimum absolute atomic E-state index is 0.272. The second kappa shape index (κ2) is 6.05. The molecule has 116 valence electrons. The lowest BCUT2D eigenvalue weighted by atomic mass is 10.3. The van der Waals surface area contributed by atoms with Crippen LogP contribution in [0.4, 0.5) is 0 Å². The van der Waals surface area contributed by atoms with Crippen LogP contribution in [-0.4, -0.2) is 24.3 Å². The van der Waals surface area contributed by atoms with E-state index in [-0.39, 0.29) is 11.4 Å². The fraction of sp³-hybridized carbons (Fsp3) is 0.429. The molecule has 21 heavy (non-hydrogen) atoms. The highest BCUT2D eigenvalue weighted by Crippen LogP contribution is 2.21. The predicted molar refractivity (Wildman–Crippen MR) is 80.1 cm³/mol. The second-order valence-corrected chi connectivity index (χ2v) is 6.97. The van der Waals surface area contributed by atoms with Gasteiger partial charge in [-0.3, -0.25) is 0 Å². The van der Waals surface area contributed by atoms with Crippen molar-refractivity contribution in [3.63, 3.8) is 0 Å². The highest BCUT2D eigenvalue weighted by atomic mass is 32.2.